The second kappa shape index (κ2) is 5.31. The van der Waals surface area contributed by atoms with Gasteiger partial charge in [-0.25, -0.2) is 0 Å². The molecule has 0 saturated heterocycles. The smallest absolute Gasteiger partial charge is 0.119 e. The maximum Gasteiger partial charge on any atom is 0.119 e. The summed E-state index contributed by atoms with van der Waals surface area (Å²) in [7, 11) is 0. The lowest BCUT2D eigenvalue weighted by Crippen LogP contribution is -2.40. The molecule has 0 radical (unpaired) electrons. The predicted octanol–water partition coefficient (Wildman–Crippen LogP) is 3.74. The summed E-state index contributed by atoms with van der Waals surface area (Å²) in [4.78, 5) is 0. The average molecular weight is 249 g/mol. The van der Waals surface area contributed by atoms with Crippen LogP contribution in [0, 0.1) is 5.41 Å². The van der Waals surface area contributed by atoms with Gasteiger partial charge in [0.2, 0.25) is 0 Å². The zero-order chi connectivity index (χ0) is 14.0. The molecule has 0 bridgehead atoms. The Hall–Kier alpha value is -1.02. The van der Waals surface area contributed by atoms with Crippen LogP contribution in [0.25, 0.3) is 0 Å². The summed E-state index contributed by atoms with van der Waals surface area (Å²) in [6, 6.07) is 8.31. The topological polar surface area (TPSA) is 35.2 Å². The van der Waals surface area contributed by atoms with E-state index in [1.165, 1.54) is 5.56 Å². The molecule has 1 aromatic rings. The summed E-state index contributed by atoms with van der Waals surface area (Å²) in [6.07, 6.45) is 0. The SMILES string of the molecule is CC(C)(C)c1cccc(OCC(N)C(C)(C)C)c1. The van der Waals surface area contributed by atoms with Gasteiger partial charge in [0.05, 0.1) is 0 Å². The van der Waals surface area contributed by atoms with Crippen molar-refractivity contribution < 1.29 is 4.74 Å². The van der Waals surface area contributed by atoms with Crippen LogP contribution in [0.1, 0.15) is 47.1 Å². The Morgan fingerprint density at radius 1 is 1.11 bits per heavy atom. The van der Waals surface area contributed by atoms with Crippen LogP contribution in [0.4, 0.5) is 0 Å². The summed E-state index contributed by atoms with van der Waals surface area (Å²) in [5.74, 6) is 0.905. The van der Waals surface area contributed by atoms with Gasteiger partial charge < -0.3 is 10.5 Å². The first kappa shape index (κ1) is 15.0. The molecule has 0 fully saturated rings. The van der Waals surface area contributed by atoms with Crippen molar-refractivity contribution >= 4 is 0 Å². The number of nitrogens with two attached hydrogens (primary N) is 1. The van der Waals surface area contributed by atoms with Crippen LogP contribution in [-0.2, 0) is 5.41 Å². The fourth-order valence-electron chi connectivity index (χ4n) is 1.49. The number of hydrogen-bond acceptors (Lipinski definition) is 2. The zero-order valence-corrected chi connectivity index (χ0v) is 12.6. The predicted molar refractivity (Wildman–Crippen MR) is 78.1 cm³/mol. The van der Waals surface area contributed by atoms with Crippen molar-refractivity contribution in [2.45, 2.75) is 53.0 Å². The number of benzene rings is 1. The summed E-state index contributed by atoms with van der Waals surface area (Å²) >= 11 is 0. The molecule has 1 unspecified atom stereocenters. The van der Waals surface area contributed by atoms with Gasteiger partial charge in [0.25, 0.3) is 0 Å². The van der Waals surface area contributed by atoms with E-state index in [0.717, 1.165) is 5.75 Å². The summed E-state index contributed by atoms with van der Waals surface area (Å²) in [5, 5.41) is 0. The van der Waals surface area contributed by atoms with Crippen LogP contribution in [0.3, 0.4) is 0 Å². The van der Waals surface area contributed by atoms with Crippen LogP contribution >= 0.6 is 0 Å². The van der Waals surface area contributed by atoms with E-state index in [0.29, 0.717) is 6.61 Å². The summed E-state index contributed by atoms with van der Waals surface area (Å²) in [5.41, 5.74) is 7.59. The molecule has 2 nitrogen and oxygen atoms in total. The van der Waals surface area contributed by atoms with Crippen LogP contribution in [0.15, 0.2) is 24.3 Å². The third kappa shape index (κ3) is 4.34. The van der Waals surface area contributed by atoms with E-state index in [4.69, 9.17) is 10.5 Å². The van der Waals surface area contributed by atoms with Crippen molar-refractivity contribution in [3.8, 4) is 5.75 Å². The molecule has 0 heterocycles. The third-order valence-corrected chi connectivity index (χ3v) is 3.24. The maximum atomic E-state index is 6.10. The molecule has 1 rings (SSSR count). The van der Waals surface area contributed by atoms with Gasteiger partial charge >= 0.3 is 0 Å². The molecule has 2 N–H and O–H groups in total. The minimum atomic E-state index is 0.0378. The minimum absolute atomic E-state index is 0.0378. The Labute approximate surface area is 112 Å². The molecular weight excluding hydrogens is 222 g/mol. The van der Waals surface area contributed by atoms with Gasteiger partial charge in [-0.05, 0) is 28.5 Å². The van der Waals surface area contributed by atoms with Crippen LogP contribution in [0.2, 0.25) is 0 Å². The van der Waals surface area contributed by atoms with Gasteiger partial charge in [-0.15, -0.1) is 0 Å². The highest BCUT2D eigenvalue weighted by Gasteiger charge is 2.21. The fraction of sp³-hybridized carbons (Fsp3) is 0.625. The molecule has 1 aromatic carbocycles. The maximum absolute atomic E-state index is 6.10. The number of rotatable bonds is 3. The molecule has 102 valence electrons. The Kier molecular flexibility index (Phi) is 4.44. The Morgan fingerprint density at radius 3 is 2.22 bits per heavy atom. The lowest BCUT2D eigenvalue weighted by atomic mass is 9.87. The summed E-state index contributed by atoms with van der Waals surface area (Å²) < 4.78 is 5.81. The van der Waals surface area contributed by atoms with Crippen LogP contribution in [0.5, 0.6) is 5.75 Å². The Balaban J connectivity index is 2.69. The van der Waals surface area contributed by atoms with E-state index in [1.807, 2.05) is 12.1 Å². The van der Waals surface area contributed by atoms with Crippen molar-refractivity contribution in [2.75, 3.05) is 6.61 Å². The number of hydrogen-bond donors (Lipinski definition) is 1. The van der Waals surface area contributed by atoms with Crippen molar-refractivity contribution in [3.63, 3.8) is 0 Å². The van der Waals surface area contributed by atoms with Gasteiger partial charge in [-0.2, -0.15) is 0 Å². The van der Waals surface area contributed by atoms with E-state index in [2.05, 4.69) is 53.7 Å². The first-order valence-corrected chi connectivity index (χ1v) is 6.59. The lowest BCUT2D eigenvalue weighted by molar-refractivity contribution is 0.205. The van der Waals surface area contributed by atoms with Crippen molar-refractivity contribution in [3.05, 3.63) is 29.8 Å². The molecule has 0 spiro atoms. The van der Waals surface area contributed by atoms with Crippen LogP contribution in [-0.4, -0.2) is 12.6 Å². The van der Waals surface area contributed by atoms with E-state index < -0.39 is 0 Å². The minimum Gasteiger partial charge on any atom is -0.492 e. The standard InChI is InChI=1S/C16H27NO/c1-15(2,3)12-8-7-9-13(10-12)18-11-14(17)16(4,5)6/h7-10,14H,11,17H2,1-6H3. The van der Waals surface area contributed by atoms with E-state index in [-0.39, 0.29) is 16.9 Å². The molecule has 0 aliphatic rings. The summed E-state index contributed by atoms with van der Waals surface area (Å²) in [6.45, 7) is 13.6. The van der Waals surface area contributed by atoms with Crippen LogP contribution < -0.4 is 10.5 Å². The second-order valence-corrected chi connectivity index (χ2v) is 7.06. The van der Waals surface area contributed by atoms with Crippen molar-refractivity contribution in [2.24, 2.45) is 11.1 Å². The molecule has 18 heavy (non-hydrogen) atoms. The monoisotopic (exact) mass is 249 g/mol. The molecule has 0 saturated carbocycles. The lowest BCUT2D eigenvalue weighted by Gasteiger charge is -2.27. The quantitative estimate of drug-likeness (QED) is 0.885. The Morgan fingerprint density at radius 2 is 1.72 bits per heavy atom. The van der Waals surface area contributed by atoms with E-state index >= 15 is 0 Å². The number of ether oxygens (including phenoxy) is 1. The van der Waals surface area contributed by atoms with Crippen molar-refractivity contribution in [1.29, 1.82) is 0 Å². The second-order valence-electron chi connectivity index (χ2n) is 7.06. The normalized spacial score (nSPS) is 14.4. The zero-order valence-electron chi connectivity index (χ0n) is 12.6. The molecule has 0 aromatic heterocycles. The van der Waals surface area contributed by atoms with E-state index in [1.54, 1.807) is 0 Å². The van der Waals surface area contributed by atoms with E-state index in [9.17, 15) is 0 Å². The van der Waals surface area contributed by atoms with Gasteiger partial charge in [0.1, 0.15) is 12.4 Å². The third-order valence-electron chi connectivity index (χ3n) is 3.24. The Bertz CT molecular complexity index is 385. The molecule has 0 aliphatic heterocycles. The highest BCUT2D eigenvalue weighted by Crippen LogP contribution is 2.26. The fourth-order valence-corrected chi connectivity index (χ4v) is 1.49. The van der Waals surface area contributed by atoms with Gasteiger partial charge in [0, 0.05) is 6.04 Å². The van der Waals surface area contributed by atoms with Gasteiger partial charge in [0.15, 0.2) is 0 Å². The molecule has 0 amide bonds. The highest BCUT2D eigenvalue weighted by molar-refractivity contribution is 5.32. The first-order chi connectivity index (χ1) is 8.10. The molecule has 1 atom stereocenters. The highest BCUT2D eigenvalue weighted by atomic mass is 16.5. The average Bonchev–Trinajstić information content (AvgIpc) is 2.23. The largest absolute Gasteiger partial charge is 0.492 e. The van der Waals surface area contributed by atoms with Gasteiger partial charge in [-0.1, -0.05) is 53.7 Å². The van der Waals surface area contributed by atoms with Gasteiger partial charge in [-0.3, -0.25) is 0 Å². The molecule has 0 aliphatic carbocycles. The first-order valence-electron chi connectivity index (χ1n) is 6.59. The van der Waals surface area contributed by atoms with Crippen molar-refractivity contribution in [1.82, 2.24) is 0 Å². The molecule has 2 heteroatoms. The molecular formula is C16H27NO.